The number of hydrogen-bond donors (Lipinski definition) is 2. The number of ether oxygens (including phenoxy) is 3. The first kappa shape index (κ1) is 28.6. The van der Waals surface area contributed by atoms with E-state index in [1.54, 1.807) is 23.5 Å². The highest BCUT2D eigenvalue weighted by Crippen LogP contribution is 2.38. The summed E-state index contributed by atoms with van der Waals surface area (Å²) in [6, 6.07) is 14.4. The average molecular weight is 587 g/mol. The molecule has 2 atom stereocenters. The molecule has 2 heterocycles. The summed E-state index contributed by atoms with van der Waals surface area (Å²) in [5, 5.41) is 15.8. The van der Waals surface area contributed by atoms with Crippen LogP contribution in [-0.4, -0.2) is 69.5 Å². The van der Waals surface area contributed by atoms with Gasteiger partial charge in [0.2, 0.25) is 16.3 Å². The van der Waals surface area contributed by atoms with Crippen LogP contribution in [0, 0.1) is 0 Å². The number of carbonyl (C=O) groups excluding carboxylic acids is 1. The Bertz CT molecular complexity index is 1450. The van der Waals surface area contributed by atoms with E-state index in [0.29, 0.717) is 12.2 Å². The number of carbonyl (C=O) groups is 1. The minimum Gasteiger partial charge on any atom is -0.497 e. The van der Waals surface area contributed by atoms with Crippen LogP contribution in [0.4, 0.5) is 0 Å². The SMILES string of the molecule is COc1ccc(S(=O)(=O)N(CCO)CCO[C@H]2C[C@@H](c3csc4ccccc34)C=C(C(=O)NC3CCC3)O2)cc1. The first-order valence-electron chi connectivity index (χ1n) is 13.4. The molecule has 0 spiro atoms. The third-order valence-electron chi connectivity index (χ3n) is 7.32. The lowest BCUT2D eigenvalue weighted by Crippen LogP contribution is -2.42. The summed E-state index contributed by atoms with van der Waals surface area (Å²) in [7, 11) is -2.36. The molecule has 0 radical (unpaired) electrons. The number of nitrogens with one attached hydrogen (secondary N) is 1. The minimum atomic E-state index is -3.87. The van der Waals surface area contributed by atoms with Gasteiger partial charge in [-0.15, -0.1) is 11.3 Å². The van der Waals surface area contributed by atoms with Crippen LogP contribution < -0.4 is 10.1 Å². The lowest BCUT2D eigenvalue weighted by atomic mass is 9.91. The predicted octanol–water partition coefficient (Wildman–Crippen LogP) is 3.99. The number of fused-ring (bicyclic) bond motifs is 1. The van der Waals surface area contributed by atoms with Crippen LogP contribution in [0.3, 0.4) is 0 Å². The van der Waals surface area contributed by atoms with Gasteiger partial charge in [0.25, 0.3) is 5.91 Å². The standard InChI is InChI=1S/C29H34N2O7S2/c1-36-22-9-11-23(12-10-22)40(34,35)31(13-15-32)14-16-37-28-18-20(25-19-39-27-8-3-2-7-24(25)27)17-26(38-28)29(33)30-21-5-4-6-21/h2-3,7-12,17,19-21,28,32H,4-6,13-16,18H2,1H3,(H,30,33)/t20-,28+/m0/s1. The van der Waals surface area contributed by atoms with Crippen molar-refractivity contribution in [3.05, 3.63) is 71.3 Å². The number of benzene rings is 2. The molecule has 1 saturated carbocycles. The molecule has 1 aliphatic carbocycles. The number of aliphatic hydroxyl groups excluding tert-OH is 1. The van der Waals surface area contributed by atoms with E-state index in [2.05, 4.69) is 22.8 Å². The summed E-state index contributed by atoms with van der Waals surface area (Å²) in [5.74, 6) is 0.408. The van der Waals surface area contributed by atoms with Gasteiger partial charge in [-0.25, -0.2) is 8.42 Å². The van der Waals surface area contributed by atoms with Crippen molar-refractivity contribution >= 4 is 37.4 Å². The molecule has 5 rings (SSSR count). The van der Waals surface area contributed by atoms with Crippen molar-refractivity contribution in [2.75, 3.05) is 33.4 Å². The van der Waals surface area contributed by atoms with Gasteiger partial charge in [0.1, 0.15) is 5.75 Å². The molecule has 2 aromatic carbocycles. The molecule has 0 saturated heterocycles. The highest BCUT2D eigenvalue weighted by Gasteiger charge is 2.32. The third-order valence-corrected chi connectivity index (χ3v) is 10.2. The van der Waals surface area contributed by atoms with Gasteiger partial charge in [-0.05, 0) is 72.0 Å². The first-order chi connectivity index (χ1) is 19.4. The minimum absolute atomic E-state index is 0.00808. The van der Waals surface area contributed by atoms with Crippen LogP contribution in [0.1, 0.15) is 37.2 Å². The second-order valence-electron chi connectivity index (χ2n) is 9.88. The van der Waals surface area contributed by atoms with E-state index < -0.39 is 16.3 Å². The van der Waals surface area contributed by atoms with E-state index in [4.69, 9.17) is 14.2 Å². The topological polar surface area (TPSA) is 114 Å². The molecule has 40 heavy (non-hydrogen) atoms. The fraction of sp³-hybridized carbons (Fsp3) is 0.414. The van der Waals surface area contributed by atoms with Crippen LogP contribution in [-0.2, 0) is 24.3 Å². The number of methoxy groups -OCH3 is 1. The van der Waals surface area contributed by atoms with Crippen molar-refractivity contribution < 1.29 is 32.5 Å². The lowest BCUT2D eigenvalue weighted by molar-refractivity contribution is -0.147. The van der Waals surface area contributed by atoms with Gasteiger partial charge in [-0.3, -0.25) is 4.79 Å². The van der Waals surface area contributed by atoms with Crippen molar-refractivity contribution in [3.63, 3.8) is 0 Å². The zero-order valence-electron chi connectivity index (χ0n) is 22.3. The molecule has 1 amide bonds. The maximum absolute atomic E-state index is 13.2. The Labute approximate surface area is 238 Å². The van der Waals surface area contributed by atoms with E-state index in [9.17, 15) is 18.3 Å². The second-order valence-corrected chi connectivity index (χ2v) is 12.7. The van der Waals surface area contributed by atoms with Crippen LogP contribution in [0.25, 0.3) is 10.1 Å². The molecule has 0 bridgehead atoms. The molecule has 9 nitrogen and oxygen atoms in total. The van der Waals surface area contributed by atoms with Gasteiger partial charge in [-0.2, -0.15) is 4.31 Å². The van der Waals surface area contributed by atoms with Gasteiger partial charge in [0.05, 0.1) is 25.2 Å². The number of sulfonamides is 1. The maximum atomic E-state index is 13.2. The van der Waals surface area contributed by atoms with Gasteiger partial charge in [0, 0.05) is 36.2 Å². The zero-order chi connectivity index (χ0) is 28.1. The predicted molar refractivity (Wildman–Crippen MR) is 153 cm³/mol. The van der Waals surface area contributed by atoms with Crippen molar-refractivity contribution in [3.8, 4) is 5.75 Å². The molecule has 2 N–H and O–H groups in total. The fourth-order valence-electron chi connectivity index (χ4n) is 4.88. The number of thiophene rings is 1. The van der Waals surface area contributed by atoms with Crippen molar-refractivity contribution in [2.45, 2.75) is 48.8 Å². The van der Waals surface area contributed by atoms with Gasteiger partial charge in [0.15, 0.2) is 5.76 Å². The van der Waals surface area contributed by atoms with E-state index in [1.807, 2.05) is 18.2 Å². The third kappa shape index (κ3) is 6.34. The lowest BCUT2D eigenvalue weighted by Gasteiger charge is -2.32. The Balaban J connectivity index is 1.30. The largest absolute Gasteiger partial charge is 0.497 e. The van der Waals surface area contributed by atoms with E-state index in [-0.39, 0.29) is 54.8 Å². The monoisotopic (exact) mass is 586 g/mol. The maximum Gasteiger partial charge on any atom is 0.286 e. The Kier molecular flexibility index (Phi) is 9.07. The van der Waals surface area contributed by atoms with Crippen LogP contribution in [0.2, 0.25) is 0 Å². The number of hydrogen-bond acceptors (Lipinski definition) is 8. The molecule has 1 aliphatic heterocycles. The smallest absolute Gasteiger partial charge is 0.286 e. The Morgan fingerprint density at radius 3 is 2.62 bits per heavy atom. The molecule has 0 unspecified atom stereocenters. The molecule has 3 aromatic rings. The summed E-state index contributed by atoms with van der Waals surface area (Å²) in [5.41, 5.74) is 1.11. The highest BCUT2D eigenvalue weighted by molar-refractivity contribution is 7.89. The Hall–Kier alpha value is -2.96. The van der Waals surface area contributed by atoms with Crippen LogP contribution in [0.15, 0.2) is 70.6 Å². The van der Waals surface area contributed by atoms with Crippen molar-refractivity contribution in [1.29, 1.82) is 0 Å². The molecule has 11 heteroatoms. The number of aliphatic hydroxyl groups is 1. The number of nitrogens with zero attached hydrogens (tertiary/aromatic N) is 1. The normalized spacial score (nSPS) is 19.6. The van der Waals surface area contributed by atoms with Crippen molar-refractivity contribution in [2.24, 2.45) is 0 Å². The van der Waals surface area contributed by atoms with Gasteiger partial charge < -0.3 is 24.6 Å². The van der Waals surface area contributed by atoms with Crippen LogP contribution >= 0.6 is 11.3 Å². The quantitative estimate of drug-likeness (QED) is 0.330. The highest BCUT2D eigenvalue weighted by atomic mass is 32.2. The van der Waals surface area contributed by atoms with Crippen molar-refractivity contribution in [1.82, 2.24) is 9.62 Å². The van der Waals surface area contributed by atoms with E-state index >= 15 is 0 Å². The van der Waals surface area contributed by atoms with E-state index in [0.717, 1.165) is 30.2 Å². The van der Waals surface area contributed by atoms with Gasteiger partial charge >= 0.3 is 0 Å². The molecule has 2 aliphatic rings. The van der Waals surface area contributed by atoms with Gasteiger partial charge in [-0.1, -0.05) is 18.2 Å². The summed E-state index contributed by atoms with van der Waals surface area (Å²) >= 11 is 1.66. The number of allylic oxidation sites excluding steroid dienone is 1. The first-order valence-corrected chi connectivity index (χ1v) is 15.7. The number of amides is 1. The molecular formula is C29H34N2O7S2. The second kappa shape index (κ2) is 12.7. The van der Waals surface area contributed by atoms with Crippen LogP contribution in [0.5, 0.6) is 5.75 Å². The van der Waals surface area contributed by atoms with E-state index in [1.165, 1.54) is 28.2 Å². The fourth-order valence-corrected chi connectivity index (χ4v) is 7.32. The molecule has 214 valence electrons. The molecular weight excluding hydrogens is 552 g/mol. The summed E-state index contributed by atoms with van der Waals surface area (Å²) in [6.07, 6.45) is 4.63. The number of rotatable bonds is 12. The zero-order valence-corrected chi connectivity index (χ0v) is 24.0. The summed E-state index contributed by atoms with van der Waals surface area (Å²) < 4.78 is 46.0. The summed E-state index contributed by atoms with van der Waals surface area (Å²) in [6.45, 7) is -0.388. The molecule has 1 fully saturated rings. The molecule has 1 aromatic heterocycles. The summed E-state index contributed by atoms with van der Waals surface area (Å²) in [4.78, 5) is 13.1. The Morgan fingerprint density at radius 2 is 1.93 bits per heavy atom. The average Bonchev–Trinajstić information content (AvgIpc) is 3.38. The Morgan fingerprint density at radius 1 is 1.15 bits per heavy atom.